The Labute approximate surface area is 160 Å². The molecule has 132 valence electrons. The molecule has 1 heterocycles. The molecule has 0 unspecified atom stereocenters. The van der Waals surface area contributed by atoms with Crippen LogP contribution in [0.15, 0.2) is 75.9 Å². The van der Waals surface area contributed by atoms with Crippen LogP contribution in [-0.2, 0) is 20.9 Å². The van der Waals surface area contributed by atoms with Gasteiger partial charge in [-0.2, -0.15) is 0 Å². The van der Waals surface area contributed by atoms with Crippen molar-refractivity contribution in [3.05, 3.63) is 87.0 Å². The van der Waals surface area contributed by atoms with Gasteiger partial charge >= 0.3 is 5.97 Å². The molecule has 1 amide bonds. The molecule has 1 aliphatic rings. The summed E-state index contributed by atoms with van der Waals surface area (Å²) in [7, 11) is 1.32. The molecule has 0 aliphatic carbocycles. The number of benzene rings is 2. The Balaban J connectivity index is 2.05. The smallest absolute Gasteiger partial charge is 0.340 e. The van der Waals surface area contributed by atoms with E-state index < -0.39 is 5.97 Å². The number of ether oxygens (including phenoxy) is 1. The van der Waals surface area contributed by atoms with Crippen LogP contribution in [0.2, 0.25) is 0 Å². The first-order valence-electron chi connectivity index (χ1n) is 8.14. The maximum Gasteiger partial charge on any atom is 0.340 e. The highest BCUT2D eigenvalue weighted by molar-refractivity contribution is 9.10. The van der Waals surface area contributed by atoms with Gasteiger partial charge in [0.1, 0.15) is 0 Å². The first-order chi connectivity index (χ1) is 12.5. The lowest BCUT2D eigenvalue weighted by atomic mass is 10.0. The summed E-state index contributed by atoms with van der Waals surface area (Å²) in [5.41, 5.74) is 3.07. The van der Waals surface area contributed by atoms with Gasteiger partial charge in [-0.1, -0.05) is 64.5 Å². The molecular weight excluding hydrogens is 394 g/mol. The molecule has 26 heavy (non-hydrogen) atoms. The largest absolute Gasteiger partial charge is 0.465 e. The Kier molecular flexibility index (Phi) is 5.38. The van der Waals surface area contributed by atoms with Crippen LogP contribution in [0.25, 0.3) is 6.08 Å². The van der Waals surface area contributed by atoms with Crippen LogP contribution >= 0.6 is 15.9 Å². The van der Waals surface area contributed by atoms with Gasteiger partial charge in [0.25, 0.3) is 5.91 Å². The minimum Gasteiger partial charge on any atom is -0.465 e. The number of allylic oxidation sites excluding steroid dienone is 1. The van der Waals surface area contributed by atoms with Crippen LogP contribution < -0.4 is 0 Å². The van der Waals surface area contributed by atoms with Crippen LogP contribution in [0.5, 0.6) is 0 Å². The van der Waals surface area contributed by atoms with Gasteiger partial charge < -0.3 is 9.64 Å². The number of carbonyl (C=O) groups excluding carboxylic acids is 2. The van der Waals surface area contributed by atoms with Gasteiger partial charge in [0.05, 0.1) is 24.8 Å². The molecule has 0 saturated carbocycles. The fraction of sp³-hybridized carbons (Fsp3) is 0.143. The highest BCUT2D eigenvalue weighted by atomic mass is 79.9. The molecule has 2 aromatic carbocycles. The zero-order valence-electron chi connectivity index (χ0n) is 14.5. The second-order valence-corrected chi connectivity index (χ2v) is 6.76. The molecule has 2 aromatic rings. The Morgan fingerprint density at radius 1 is 1.12 bits per heavy atom. The van der Waals surface area contributed by atoms with Gasteiger partial charge in [-0.05, 0) is 30.2 Å². The summed E-state index contributed by atoms with van der Waals surface area (Å²) >= 11 is 3.48. The minimum absolute atomic E-state index is 0.206. The van der Waals surface area contributed by atoms with Crippen molar-refractivity contribution in [3.63, 3.8) is 0 Å². The van der Waals surface area contributed by atoms with Gasteiger partial charge in [-0.3, -0.25) is 4.79 Å². The van der Waals surface area contributed by atoms with Crippen LogP contribution in [-0.4, -0.2) is 23.9 Å². The van der Waals surface area contributed by atoms with Crippen LogP contribution in [0.4, 0.5) is 0 Å². The SMILES string of the molecule is COC(=O)C1=C(C)N(Cc2ccccc2)C(=O)C1=Cc1ccccc1Br. The highest BCUT2D eigenvalue weighted by Gasteiger charge is 2.37. The third kappa shape index (κ3) is 3.48. The van der Waals surface area contributed by atoms with Crippen molar-refractivity contribution in [3.8, 4) is 0 Å². The lowest BCUT2D eigenvalue weighted by Crippen LogP contribution is -2.24. The quantitative estimate of drug-likeness (QED) is 0.555. The van der Waals surface area contributed by atoms with E-state index in [1.165, 1.54) is 7.11 Å². The summed E-state index contributed by atoms with van der Waals surface area (Å²) in [6.07, 6.45) is 1.73. The standard InChI is InChI=1S/C21H18BrNO3/c1-14-19(21(25)26-2)17(12-16-10-6-7-11-18(16)22)20(24)23(14)13-15-8-4-3-5-9-15/h3-12H,13H2,1-2H3. The number of esters is 1. The van der Waals surface area contributed by atoms with Gasteiger partial charge in [0, 0.05) is 10.2 Å². The normalized spacial score (nSPS) is 15.7. The van der Waals surface area contributed by atoms with E-state index >= 15 is 0 Å². The number of amides is 1. The molecule has 0 spiro atoms. The number of hydrogen-bond acceptors (Lipinski definition) is 3. The Hall–Kier alpha value is -2.66. The number of hydrogen-bond donors (Lipinski definition) is 0. The maximum absolute atomic E-state index is 13.1. The van der Waals surface area contributed by atoms with Gasteiger partial charge in [0.2, 0.25) is 0 Å². The topological polar surface area (TPSA) is 46.6 Å². The van der Waals surface area contributed by atoms with E-state index in [0.717, 1.165) is 15.6 Å². The van der Waals surface area contributed by atoms with Gasteiger partial charge in [0.15, 0.2) is 0 Å². The molecule has 0 aromatic heterocycles. The van der Waals surface area contributed by atoms with Crippen LogP contribution in [0.3, 0.4) is 0 Å². The summed E-state index contributed by atoms with van der Waals surface area (Å²) in [4.78, 5) is 27.0. The molecule has 4 nitrogen and oxygen atoms in total. The second kappa shape index (κ2) is 7.70. The molecule has 0 radical (unpaired) electrons. The van der Waals surface area contributed by atoms with E-state index in [1.807, 2.05) is 54.6 Å². The van der Waals surface area contributed by atoms with Crippen molar-refractivity contribution in [2.45, 2.75) is 13.5 Å². The number of carbonyl (C=O) groups is 2. The third-order valence-corrected chi connectivity index (χ3v) is 5.01. The Morgan fingerprint density at radius 3 is 2.42 bits per heavy atom. The first kappa shape index (κ1) is 18.1. The van der Waals surface area contributed by atoms with Crippen LogP contribution in [0.1, 0.15) is 18.1 Å². The van der Waals surface area contributed by atoms with Crippen molar-refractivity contribution >= 4 is 33.9 Å². The highest BCUT2D eigenvalue weighted by Crippen LogP contribution is 2.33. The number of halogens is 1. The number of rotatable bonds is 4. The second-order valence-electron chi connectivity index (χ2n) is 5.91. The first-order valence-corrected chi connectivity index (χ1v) is 8.93. The average Bonchev–Trinajstić information content (AvgIpc) is 2.88. The van der Waals surface area contributed by atoms with Crippen molar-refractivity contribution in [1.29, 1.82) is 0 Å². The molecule has 3 rings (SSSR count). The Bertz CT molecular complexity index is 916. The lowest BCUT2D eigenvalue weighted by Gasteiger charge is -2.17. The third-order valence-electron chi connectivity index (χ3n) is 4.29. The predicted octanol–water partition coefficient (Wildman–Crippen LogP) is 4.32. The van der Waals surface area contributed by atoms with E-state index in [9.17, 15) is 9.59 Å². The number of methoxy groups -OCH3 is 1. The van der Waals surface area contributed by atoms with Crippen molar-refractivity contribution in [2.75, 3.05) is 7.11 Å². The van der Waals surface area contributed by atoms with E-state index in [4.69, 9.17) is 4.74 Å². The van der Waals surface area contributed by atoms with E-state index in [2.05, 4.69) is 15.9 Å². The van der Waals surface area contributed by atoms with Crippen molar-refractivity contribution in [2.24, 2.45) is 0 Å². The summed E-state index contributed by atoms with van der Waals surface area (Å²) < 4.78 is 5.77. The molecule has 1 aliphatic heterocycles. The molecule has 0 N–H and O–H groups in total. The van der Waals surface area contributed by atoms with E-state index in [1.54, 1.807) is 17.9 Å². The van der Waals surface area contributed by atoms with E-state index in [0.29, 0.717) is 23.4 Å². The summed E-state index contributed by atoms with van der Waals surface area (Å²) in [6.45, 7) is 2.17. The Morgan fingerprint density at radius 2 is 1.77 bits per heavy atom. The maximum atomic E-state index is 13.1. The fourth-order valence-electron chi connectivity index (χ4n) is 2.93. The van der Waals surface area contributed by atoms with Gasteiger partial charge in [-0.25, -0.2) is 4.79 Å². The summed E-state index contributed by atoms with van der Waals surface area (Å²) in [5.74, 6) is -0.716. The van der Waals surface area contributed by atoms with Gasteiger partial charge in [-0.15, -0.1) is 0 Å². The van der Waals surface area contributed by atoms with E-state index in [-0.39, 0.29) is 5.91 Å². The minimum atomic E-state index is -0.510. The number of nitrogens with zero attached hydrogens (tertiary/aromatic N) is 1. The zero-order chi connectivity index (χ0) is 18.7. The van der Waals surface area contributed by atoms with Crippen LogP contribution in [0, 0.1) is 0 Å². The molecule has 0 atom stereocenters. The zero-order valence-corrected chi connectivity index (χ0v) is 16.1. The summed E-state index contributed by atoms with van der Waals surface area (Å²) in [5, 5.41) is 0. The summed E-state index contributed by atoms with van der Waals surface area (Å²) in [6, 6.07) is 17.2. The molecular formula is C21H18BrNO3. The van der Waals surface area contributed by atoms with Crippen molar-refractivity contribution < 1.29 is 14.3 Å². The predicted molar refractivity (Wildman–Crippen MR) is 104 cm³/mol. The molecule has 0 bridgehead atoms. The van der Waals surface area contributed by atoms with Crippen molar-refractivity contribution in [1.82, 2.24) is 4.90 Å². The molecule has 0 saturated heterocycles. The molecule has 5 heteroatoms. The lowest BCUT2D eigenvalue weighted by molar-refractivity contribution is -0.136. The monoisotopic (exact) mass is 411 g/mol. The average molecular weight is 412 g/mol. The molecule has 0 fully saturated rings. The fourth-order valence-corrected chi connectivity index (χ4v) is 3.33.